The smallest absolute Gasteiger partial charge is 0.258 e. The number of unbranched alkanes of at least 4 members (excludes halogenated alkanes) is 1. The third-order valence-electron chi connectivity index (χ3n) is 5.27. The molecule has 0 radical (unpaired) electrons. The highest BCUT2D eigenvalue weighted by atomic mass is 32.1. The summed E-state index contributed by atoms with van der Waals surface area (Å²) < 4.78 is 14.1. The lowest BCUT2D eigenvalue weighted by Crippen LogP contribution is -2.41. The first-order valence-electron chi connectivity index (χ1n) is 11.3. The Morgan fingerprint density at radius 1 is 1.11 bits per heavy atom. The van der Waals surface area contributed by atoms with E-state index in [0.29, 0.717) is 28.7 Å². The molecular formula is C27H27FN4O2S. The summed E-state index contributed by atoms with van der Waals surface area (Å²) in [5, 5.41) is 16.8. The standard InChI is InChI=1S/C27H27FN4O2S/c1-3-4-17-34-32(27(35)30-19(2)21-15-13-20(18-29)14-16-21)25-12-8-7-11-24(25)31-26(33)22-9-5-6-10-23(22)28/h5-16,19H,3-4,17H2,1-2H3,(H,30,35)(H,31,33). The first-order chi connectivity index (χ1) is 16.9. The van der Waals surface area contributed by atoms with Crippen LogP contribution in [-0.2, 0) is 4.84 Å². The number of thiocarbonyl (C=S) groups is 1. The molecule has 3 rings (SSSR count). The summed E-state index contributed by atoms with van der Waals surface area (Å²) >= 11 is 5.68. The van der Waals surface area contributed by atoms with E-state index in [4.69, 9.17) is 22.3 Å². The van der Waals surface area contributed by atoms with Crippen LogP contribution >= 0.6 is 12.2 Å². The number of anilines is 2. The molecule has 2 N–H and O–H groups in total. The Morgan fingerprint density at radius 2 is 1.80 bits per heavy atom. The topological polar surface area (TPSA) is 77.4 Å². The van der Waals surface area contributed by atoms with Gasteiger partial charge in [0, 0.05) is 0 Å². The maximum Gasteiger partial charge on any atom is 0.258 e. The van der Waals surface area contributed by atoms with Crippen molar-refractivity contribution in [1.29, 1.82) is 5.26 Å². The molecular weight excluding hydrogens is 463 g/mol. The molecule has 8 heteroatoms. The van der Waals surface area contributed by atoms with Crippen molar-refractivity contribution in [1.82, 2.24) is 5.32 Å². The Balaban J connectivity index is 1.85. The van der Waals surface area contributed by atoms with Gasteiger partial charge in [-0.05, 0) is 67.5 Å². The number of nitrogens with one attached hydrogen (secondary N) is 2. The van der Waals surface area contributed by atoms with E-state index in [-0.39, 0.29) is 11.6 Å². The number of hydrogen-bond donors (Lipinski definition) is 2. The van der Waals surface area contributed by atoms with E-state index in [1.165, 1.54) is 23.3 Å². The van der Waals surface area contributed by atoms with Gasteiger partial charge in [-0.25, -0.2) is 4.39 Å². The van der Waals surface area contributed by atoms with Crippen LogP contribution in [-0.4, -0.2) is 17.6 Å². The SMILES string of the molecule is CCCCON(C(=S)NC(C)c1ccc(C#N)cc1)c1ccccc1NC(=O)c1ccccc1F. The predicted molar refractivity (Wildman–Crippen MR) is 139 cm³/mol. The number of nitrogens with zero attached hydrogens (tertiary/aromatic N) is 2. The van der Waals surface area contributed by atoms with Gasteiger partial charge in [0.15, 0.2) is 5.11 Å². The molecule has 1 atom stereocenters. The van der Waals surface area contributed by atoms with Crippen molar-refractivity contribution >= 4 is 34.6 Å². The molecule has 0 aromatic heterocycles. The second-order valence-corrected chi connectivity index (χ2v) is 8.22. The molecule has 3 aromatic carbocycles. The third kappa shape index (κ3) is 6.85. The second kappa shape index (κ2) is 12.6. The molecule has 0 fully saturated rings. The van der Waals surface area contributed by atoms with E-state index in [9.17, 15) is 9.18 Å². The maximum absolute atomic E-state index is 14.1. The van der Waals surface area contributed by atoms with Crippen LogP contribution in [0.2, 0.25) is 0 Å². The fraction of sp³-hybridized carbons (Fsp3) is 0.222. The Labute approximate surface area is 210 Å². The molecule has 3 aromatic rings. The molecule has 0 aliphatic heterocycles. The number of para-hydroxylation sites is 2. The van der Waals surface area contributed by atoms with Gasteiger partial charge in [0.1, 0.15) is 5.82 Å². The quantitative estimate of drug-likeness (QED) is 0.214. The van der Waals surface area contributed by atoms with Crippen LogP contribution in [0.25, 0.3) is 0 Å². The lowest BCUT2D eigenvalue weighted by Gasteiger charge is -2.29. The van der Waals surface area contributed by atoms with Gasteiger partial charge in [-0.3, -0.25) is 9.63 Å². The largest absolute Gasteiger partial charge is 0.354 e. The predicted octanol–water partition coefficient (Wildman–Crippen LogP) is 6.12. The lowest BCUT2D eigenvalue weighted by atomic mass is 10.1. The van der Waals surface area contributed by atoms with Gasteiger partial charge in [-0.15, -0.1) is 0 Å². The minimum Gasteiger partial charge on any atom is -0.354 e. The zero-order valence-electron chi connectivity index (χ0n) is 19.6. The van der Waals surface area contributed by atoms with Gasteiger partial charge in [0.2, 0.25) is 0 Å². The van der Waals surface area contributed by atoms with Crippen molar-refractivity contribution in [3.8, 4) is 6.07 Å². The van der Waals surface area contributed by atoms with Crippen molar-refractivity contribution in [2.75, 3.05) is 17.0 Å². The highest BCUT2D eigenvalue weighted by Crippen LogP contribution is 2.28. The number of halogens is 1. The van der Waals surface area contributed by atoms with Crippen LogP contribution in [0.15, 0.2) is 72.8 Å². The summed E-state index contributed by atoms with van der Waals surface area (Å²) in [5.41, 5.74) is 2.40. The van der Waals surface area contributed by atoms with Gasteiger partial charge < -0.3 is 10.6 Å². The molecule has 0 heterocycles. The number of amides is 1. The summed E-state index contributed by atoms with van der Waals surface area (Å²) in [6.45, 7) is 4.42. The van der Waals surface area contributed by atoms with Crippen LogP contribution < -0.4 is 15.7 Å². The zero-order chi connectivity index (χ0) is 25.2. The third-order valence-corrected chi connectivity index (χ3v) is 5.56. The average molecular weight is 491 g/mol. The van der Waals surface area contributed by atoms with Crippen LogP contribution in [0.5, 0.6) is 0 Å². The number of carbonyl (C=O) groups excluding carboxylic acids is 1. The summed E-state index contributed by atoms with van der Waals surface area (Å²) in [6.07, 6.45) is 1.75. The lowest BCUT2D eigenvalue weighted by molar-refractivity contribution is 0.102. The summed E-state index contributed by atoms with van der Waals surface area (Å²) in [6, 6.07) is 22.0. The van der Waals surface area contributed by atoms with E-state index in [2.05, 4.69) is 23.6 Å². The molecule has 0 aliphatic rings. The van der Waals surface area contributed by atoms with E-state index in [0.717, 1.165) is 18.4 Å². The second-order valence-electron chi connectivity index (χ2n) is 7.84. The highest BCUT2D eigenvalue weighted by molar-refractivity contribution is 7.80. The molecule has 0 saturated heterocycles. The van der Waals surface area contributed by atoms with Crippen LogP contribution in [0.1, 0.15) is 54.2 Å². The van der Waals surface area contributed by atoms with Gasteiger partial charge >= 0.3 is 0 Å². The van der Waals surface area contributed by atoms with Gasteiger partial charge in [0.05, 0.1) is 41.2 Å². The fourth-order valence-corrected chi connectivity index (χ4v) is 3.63. The zero-order valence-corrected chi connectivity index (χ0v) is 20.4. The normalized spacial score (nSPS) is 11.3. The van der Waals surface area contributed by atoms with E-state index in [1.54, 1.807) is 42.5 Å². The average Bonchev–Trinajstić information content (AvgIpc) is 2.87. The number of nitriles is 1. The van der Waals surface area contributed by atoms with Crippen molar-refractivity contribution in [3.05, 3.63) is 95.3 Å². The van der Waals surface area contributed by atoms with Crippen molar-refractivity contribution in [2.24, 2.45) is 0 Å². The Kier molecular flexibility index (Phi) is 9.30. The van der Waals surface area contributed by atoms with Gasteiger partial charge in [-0.2, -0.15) is 10.3 Å². The van der Waals surface area contributed by atoms with Crippen molar-refractivity contribution in [2.45, 2.75) is 32.7 Å². The molecule has 35 heavy (non-hydrogen) atoms. The fourth-order valence-electron chi connectivity index (χ4n) is 3.30. The highest BCUT2D eigenvalue weighted by Gasteiger charge is 2.21. The summed E-state index contributed by atoms with van der Waals surface area (Å²) in [7, 11) is 0. The Morgan fingerprint density at radius 3 is 2.49 bits per heavy atom. The summed E-state index contributed by atoms with van der Waals surface area (Å²) in [4.78, 5) is 18.8. The molecule has 0 spiro atoms. The number of carbonyl (C=O) groups is 1. The van der Waals surface area contributed by atoms with Gasteiger partial charge in [0.25, 0.3) is 5.91 Å². The first kappa shape index (κ1) is 25.8. The molecule has 1 unspecified atom stereocenters. The van der Waals surface area contributed by atoms with Crippen LogP contribution in [0.4, 0.5) is 15.8 Å². The molecule has 0 aliphatic carbocycles. The van der Waals surface area contributed by atoms with Gasteiger partial charge in [-0.1, -0.05) is 49.7 Å². The monoisotopic (exact) mass is 490 g/mol. The van der Waals surface area contributed by atoms with E-state index in [1.807, 2.05) is 19.1 Å². The minimum absolute atomic E-state index is 0.0594. The summed E-state index contributed by atoms with van der Waals surface area (Å²) in [5.74, 6) is -1.18. The maximum atomic E-state index is 14.1. The molecule has 6 nitrogen and oxygen atoms in total. The number of hydroxylamine groups is 1. The number of benzene rings is 3. The number of rotatable bonds is 9. The van der Waals surface area contributed by atoms with E-state index >= 15 is 0 Å². The minimum atomic E-state index is -0.605. The molecule has 180 valence electrons. The molecule has 1 amide bonds. The Hall–Kier alpha value is -3.80. The van der Waals surface area contributed by atoms with Crippen LogP contribution in [0.3, 0.4) is 0 Å². The van der Waals surface area contributed by atoms with Crippen LogP contribution in [0, 0.1) is 17.1 Å². The van der Waals surface area contributed by atoms with Crippen molar-refractivity contribution < 1.29 is 14.0 Å². The van der Waals surface area contributed by atoms with E-state index < -0.39 is 11.7 Å². The Bertz CT molecular complexity index is 1210. The molecule has 0 bridgehead atoms. The first-order valence-corrected chi connectivity index (χ1v) is 11.7. The molecule has 0 saturated carbocycles. The van der Waals surface area contributed by atoms with Crippen molar-refractivity contribution in [3.63, 3.8) is 0 Å². The number of hydrogen-bond acceptors (Lipinski definition) is 4.